The number of fused-ring (bicyclic) bond motifs is 1. The summed E-state index contributed by atoms with van der Waals surface area (Å²) in [6, 6.07) is 30.3. The Morgan fingerprint density at radius 3 is 1.57 bits per heavy atom. The maximum Gasteiger partial charge on any atom is 0.305 e. The molecule has 0 aliphatic carbocycles. The highest BCUT2D eigenvalue weighted by Crippen LogP contribution is 2.31. The number of amides is 1. The molecule has 428 valence electrons. The highest BCUT2D eigenvalue weighted by atomic mass is 32.1. The number of nitrogens with zero attached hydrogens (tertiary/aromatic N) is 5. The number of hydrogen-bond acceptors (Lipinski definition) is 9. The van der Waals surface area contributed by atoms with Gasteiger partial charge in [-0.05, 0) is 122 Å². The zero-order valence-corrected chi connectivity index (χ0v) is 50.3. The predicted octanol–water partition coefficient (Wildman–Crippen LogP) is 16.4. The van der Waals surface area contributed by atoms with E-state index in [1.165, 1.54) is 52.8 Å². The molecule has 1 amide bonds. The van der Waals surface area contributed by atoms with E-state index < -0.39 is 16.4 Å². The van der Waals surface area contributed by atoms with Gasteiger partial charge in [-0.1, -0.05) is 152 Å². The summed E-state index contributed by atoms with van der Waals surface area (Å²) >= 11 is 1.47. The number of aromatic nitrogens is 4. The third-order valence-electron chi connectivity index (χ3n) is 12.8. The average Bonchev–Trinajstić information content (AvgIpc) is 3.98. The third kappa shape index (κ3) is 19.4. The quantitative estimate of drug-likeness (QED) is 0.0640. The van der Waals surface area contributed by atoms with Crippen molar-refractivity contribution in [2.24, 2.45) is 7.05 Å². The summed E-state index contributed by atoms with van der Waals surface area (Å²) < 4.78 is 54.4. The number of halogens is 4. The van der Waals surface area contributed by atoms with Crippen molar-refractivity contribution in [3.63, 3.8) is 0 Å². The van der Waals surface area contributed by atoms with Crippen molar-refractivity contribution >= 4 is 45.3 Å². The average molecular weight is 1120 g/mol. The van der Waals surface area contributed by atoms with Crippen LogP contribution in [0.2, 0.25) is 0 Å². The van der Waals surface area contributed by atoms with E-state index in [1.807, 2.05) is 75.7 Å². The number of anilines is 2. The second-order valence-electron chi connectivity index (χ2n) is 24.8. The lowest BCUT2D eigenvalue weighted by atomic mass is 9.86. The highest BCUT2D eigenvalue weighted by molar-refractivity contribution is 7.11. The first-order chi connectivity index (χ1) is 36.8. The molecule has 0 spiro atoms. The molecule has 8 rings (SSSR count). The summed E-state index contributed by atoms with van der Waals surface area (Å²) in [6.07, 6.45) is 5.45. The number of benzene rings is 5. The number of nitro benzene ring substituents is 1. The first kappa shape index (κ1) is 65.1. The number of thiazole rings is 1. The molecule has 0 radical (unpaired) electrons. The molecule has 5 aromatic carbocycles. The van der Waals surface area contributed by atoms with E-state index in [2.05, 4.69) is 115 Å². The van der Waals surface area contributed by atoms with E-state index in [1.54, 1.807) is 43.0 Å². The lowest BCUT2D eigenvalue weighted by Crippen LogP contribution is -2.26. The van der Waals surface area contributed by atoms with E-state index in [0.29, 0.717) is 17.7 Å². The van der Waals surface area contributed by atoms with Crippen LogP contribution in [0, 0.1) is 33.4 Å². The maximum atomic E-state index is 14.4. The molecule has 8 aromatic rings. The first-order valence-corrected chi connectivity index (χ1v) is 27.1. The molecule has 11 nitrogen and oxygen atoms in total. The Hall–Kier alpha value is -7.46. The van der Waals surface area contributed by atoms with Crippen LogP contribution in [0.25, 0.3) is 11.0 Å². The molecule has 80 heavy (non-hydrogen) atoms. The second-order valence-corrected chi connectivity index (χ2v) is 25.9. The molecule has 16 heteroatoms. The number of carbonyl (C=O) groups is 1. The molecule has 0 aliphatic heterocycles. The molecule has 1 unspecified atom stereocenters. The number of hydrogen-bond donors (Lipinski definition) is 3. The van der Waals surface area contributed by atoms with Crippen molar-refractivity contribution in [1.29, 1.82) is 0 Å². The number of nitrogens with two attached hydrogens (primary N) is 2. The van der Waals surface area contributed by atoms with Crippen molar-refractivity contribution in [2.75, 3.05) is 11.5 Å². The van der Waals surface area contributed by atoms with Crippen LogP contribution in [0.15, 0.2) is 128 Å². The Morgan fingerprint density at radius 2 is 1.07 bits per heavy atom. The summed E-state index contributed by atoms with van der Waals surface area (Å²) in [4.78, 5) is 36.3. The lowest BCUT2D eigenvalue weighted by molar-refractivity contribution is -0.387. The van der Waals surface area contributed by atoms with E-state index in [9.17, 15) is 32.5 Å². The Morgan fingerprint density at radius 1 is 0.613 bits per heavy atom. The fourth-order valence-electron chi connectivity index (χ4n) is 7.50. The van der Waals surface area contributed by atoms with Gasteiger partial charge in [0, 0.05) is 36.3 Å². The largest absolute Gasteiger partial charge is 0.399 e. The molecule has 0 saturated carbocycles. The monoisotopic (exact) mass is 1120 g/mol. The number of carbonyl (C=O) groups excluding carboxylic acids is 1. The van der Waals surface area contributed by atoms with Crippen molar-refractivity contribution in [3.05, 3.63) is 210 Å². The Balaban J connectivity index is 0.000000238. The van der Waals surface area contributed by atoms with Crippen LogP contribution >= 0.6 is 11.3 Å². The number of pyridine rings is 1. The predicted molar refractivity (Wildman–Crippen MR) is 320 cm³/mol. The molecular formula is C64H80F4N8O3S. The fourth-order valence-corrected chi connectivity index (χ4v) is 8.45. The van der Waals surface area contributed by atoms with E-state index in [-0.39, 0.29) is 62.2 Å². The summed E-state index contributed by atoms with van der Waals surface area (Å²) in [5.41, 5.74) is 19.7. The second kappa shape index (κ2) is 26.7. The number of nitro groups is 1. The number of nitrogens with one attached hydrogen (secondary N) is 1. The minimum atomic E-state index is -0.789. The van der Waals surface area contributed by atoms with E-state index in [0.717, 1.165) is 49.4 Å². The molecule has 0 fully saturated rings. The molecule has 5 N–H and O–H groups in total. The van der Waals surface area contributed by atoms with Gasteiger partial charge in [0.2, 0.25) is 5.82 Å². The summed E-state index contributed by atoms with van der Waals surface area (Å²) in [5.74, 6) is -1.80. The van der Waals surface area contributed by atoms with Crippen LogP contribution in [0.4, 0.5) is 34.6 Å². The Labute approximate surface area is 474 Å². The van der Waals surface area contributed by atoms with Crippen LogP contribution in [0.3, 0.4) is 0 Å². The molecule has 3 aromatic heterocycles. The van der Waals surface area contributed by atoms with Gasteiger partial charge < -0.3 is 21.4 Å². The van der Waals surface area contributed by atoms with Gasteiger partial charge >= 0.3 is 5.69 Å². The van der Waals surface area contributed by atoms with E-state index in [4.69, 9.17) is 11.5 Å². The zero-order valence-electron chi connectivity index (χ0n) is 49.4. The summed E-state index contributed by atoms with van der Waals surface area (Å²) in [5, 5.41) is 14.2. The van der Waals surface area contributed by atoms with Gasteiger partial charge in [-0.15, -0.1) is 11.3 Å². The van der Waals surface area contributed by atoms with Crippen molar-refractivity contribution in [2.45, 2.75) is 150 Å². The standard InChI is InChI=1S/C24H26FN5OS.C10H12FNO2.C10H14FN.C10H13F.C10H15N/c1-14(29-23(31)18-10-20-19(11-26-18)28-13-30(20)5)21-12-27-22(32-21)9-15-8-16(24(2,3)4)6-7-17(15)25;1-10(2,3)7-4-5-8(11)9(6-7)12(13)14;1-10(2,3)7-4-5-8(11)9(12)6-7;2*1-10(2,3)8-4-6-9(11)7-5-8/h6-8,10-14H,9H2,1-5H3,(H,29,31);4-6H,1-3H3;4-6H,12H2,1-3H3;4-7H,1-3H3;4-7H,11H2,1-3H3. The smallest absolute Gasteiger partial charge is 0.305 e. The SMILES string of the molecule is CC(C)(C)c1ccc(F)c(N)c1.CC(C)(C)c1ccc(F)c([N+](=O)[O-])c1.CC(C)(C)c1ccc(F)cc1.CC(C)(C)c1ccc(N)cc1.CC(NC(=O)c1cc2c(cn1)ncn2C)c1cnc(Cc2cc(C(C)(C)C)ccc2F)s1. The van der Waals surface area contributed by atoms with Gasteiger partial charge in [0.05, 0.1) is 39.7 Å². The Kier molecular flexibility index (Phi) is 21.7. The zero-order chi connectivity index (χ0) is 60.3. The minimum absolute atomic E-state index is 0.0296. The van der Waals surface area contributed by atoms with E-state index >= 15 is 0 Å². The molecule has 0 saturated heterocycles. The van der Waals surface area contributed by atoms with Crippen molar-refractivity contribution in [3.8, 4) is 0 Å². The van der Waals surface area contributed by atoms with Crippen LogP contribution in [-0.4, -0.2) is 30.3 Å². The number of nitrogen functional groups attached to an aromatic ring is 2. The fraction of sp³-hybridized carbons (Fsp3) is 0.375. The van der Waals surface area contributed by atoms with Gasteiger partial charge in [0.15, 0.2) is 0 Å². The minimum Gasteiger partial charge on any atom is -0.399 e. The molecular weight excluding hydrogens is 1040 g/mol. The molecule has 1 atom stereocenters. The topological polar surface area (TPSA) is 168 Å². The van der Waals surface area contributed by atoms with Gasteiger partial charge in [-0.3, -0.25) is 14.9 Å². The van der Waals surface area contributed by atoms with Gasteiger partial charge in [-0.2, -0.15) is 4.39 Å². The Bertz CT molecular complexity index is 3280. The van der Waals surface area contributed by atoms with Gasteiger partial charge in [-0.25, -0.2) is 28.1 Å². The lowest BCUT2D eigenvalue weighted by Gasteiger charge is -2.20. The number of aryl methyl sites for hydroxylation is 1. The van der Waals surface area contributed by atoms with Crippen molar-refractivity contribution < 1.29 is 27.3 Å². The maximum absolute atomic E-state index is 14.4. The molecule has 3 heterocycles. The number of rotatable bonds is 6. The van der Waals surface area contributed by atoms with Crippen LogP contribution in [-0.2, 0) is 40.5 Å². The van der Waals surface area contributed by atoms with Crippen LogP contribution in [0.1, 0.15) is 171 Å². The normalized spacial score (nSPS) is 12.1. The van der Waals surface area contributed by atoms with Crippen LogP contribution < -0.4 is 16.8 Å². The molecule has 0 aliphatic rings. The number of imidazole rings is 1. The van der Waals surface area contributed by atoms with Crippen molar-refractivity contribution in [1.82, 2.24) is 24.8 Å². The molecule has 0 bridgehead atoms. The van der Waals surface area contributed by atoms with Crippen LogP contribution in [0.5, 0.6) is 0 Å². The van der Waals surface area contributed by atoms with Gasteiger partial charge in [0.25, 0.3) is 5.91 Å². The summed E-state index contributed by atoms with van der Waals surface area (Å²) in [6.45, 7) is 33.1. The third-order valence-corrected chi connectivity index (χ3v) is 14.0. The first-order valence-electron chi connectivity index (χ1n) is 26.3. The summed E-state index contributed by atoms with van der Waals surface area (Å²) in [7, 11) is 1.87. The highest BCUT2D eigenvalue weighted by Gasteiger charge is 2.22. The van der Waals surface area contributed by atoms with Gasteiger partial charge in [0.1, 0.15) is 28.7 Å².